The fraction of sp³-hybridized carbons (Fsp3) is 0.842. The van der Waals surface area contributed by atoms with Crippen molar-refractivity contribution in [3.63, 3.8) is 0 Å². The van der Waals surface area contributed by atoms with Crippen LogP contribution in [0.2, 0.25) is 10.8 Å². The van der Waals surface area contributed by atoms with Gasteiger partial charge in [-0.3, -0.25) is 0 Å². The average molecular weight is 1490 g/mol. The molecule has 0 atom stereocenters. The van der Waals surface area contributed by atoms with Gasteiger partial charge < -0.3 is 5.53 Å². The van der Waals surface area contributed by atoms with Crippen LogP contribution in [0.5, 0.6) is 0 Å². The van der Waals surface area contributed by atoms with Gasteiger partial charge in [0.1, 0.15) is 0 Å². The van der Waals surface area contributed by atoms with E-state index in [1.165, 1.54) is 486 Å². The molecular weight excluding hydrogens is 1300 g/mol. The molecule has 2 aromatic carbocycles. The fourth-order valence-corrected chi connectivity index (χ4v) is 17.6. The van der Waals surface area contributed by atoms with Crippen LogP contribution in [0.1, 0.15) is 545 Å². The summed E-state index contributed by atoms with van der Waals surface area (Å²) >= 11 is 2.05. The van der Waals surface area contributed by atoms with E-state index in [0.717, 1.165) is 62.8 Å². The molecule has 3 heteroatoms. The molecule has 0 amide bonds. The van der Waals surface area contributed by atoms with Gasteiger partial charge in [-0.2, -0.15) is 0 Å². The number of aryl methyl sites for hydroxylation is 4. The molecule has 608 valence electrons. The van der Waals surface area contributed by atoms with Gasteiger partial charge in [0, 0.05) is 22.3 Å². The summed E-state index contributed by atoms with van der Waals surface area (Å²) in [4.78, 5) is 0. The molecule has 3 rings (SSSR count). The summed E-state index contributed by atoms with van der Waals surface area (Å²) in [6.45, 7) is 18.4. The normalized spacial score (nSPS) is 12.5. The molecule has 1 heterocycles. The predicted octanol–water partition coefficient (Wildman–Crippen LogP) is 36.8. The summed E-state index contributed by atoms with van der Waals surface area (Å²) in [5, 5.41) is 2.87. The van der Waals surface area contributed by atoms with Crippen molar-refractivity contribution >= 4 is 11.4 Å². The van der Waals surface area contributed by atoms with E-state index >= 15 is 0 Å². The number of benzene rings is 2. The molecule has 2 nitrogen and oxygen atoms in total. The maximum atomic E-state index is 12.5. The zero-order valence-corrected chi connectivity index (χ0v) is 73.1. The summed E-state index contributed by atoms with van der Waals surface area (Å²) in [5.41, 5.74) is 25.6. The second kappa shape index (κ2) is 76.4. The van der Waals surface area contributed by atoms with Crippen molar-refractivity contribution in [1.29, 1.82) is 0 Å². The van der Waals surface area contributed by atoms with E-state index in [2.05, 4.69) is 106 Å². The summed E-state index contributed by atoms with van der Waals surface area (Å²) in [5.74, 6) is 0. The average Bonchev–Trinajstić information content (AvgIpc) is 1.60. The number of nitrogens with zero attached hydrogens (tertiary/aromatic N) is 2. The fourth-order valence-electron chi connectivity index (χ4n) is 16.4. The van der Waals surface area contributed by atoms with E-state index < -0.39 is 0 Å². The van der Waals surface area contributed by atoms with Crippen LogP contribution in [-0.4, -0.2) is 4.70 Å². The number of hydrogen-bond acceptors (Lipinski definition) is 0. The smallest absolute Gasteiger partial charge is 0.493 e. The summed E-state index contributed by atoms with van der Waals surface area (Å²) < 4.78 is 1.66. The van der Waals surface area contributed by atoms with E-state index in [1.807, 2.05) is 0 Å². The Labute approximate surface area is 660 Å². The van der Waals surface area contributed by atoms with Gasteiger partial charge in [0.05, 0.1) is 0 Å². The van der Waals surface area contributed by atoms with E-state index in [-0.39, 0.29) is 0 Å². The predicted molar refractivity (Wildman–Crippen MR) is 468 cm³/mol. The van der Waals surface area contributed by atoms with Crippen LogP contribution < -0.4 is 0 Å². The van der Waals surface area contributed by atoms with Gasteiger partial charge in [-0.1, -0.05) is 331 Å². The second-order valence-corrected chi connectivity index (χ2v) is 35.1. The molecule has 0 saturated carbocycles. The number of unbranched alkanes of at least 4 members (excludes halogenated alkanes) is 61. The van der Waals surface area contributed by atoms with E-state index in [9.17, 15) is 5.53 Å². The standard InChI is InChI=1S/C45H70N2.2C28H57.Ni/c1-7-13-19-22-26-38-30-36(24-16-10-4)32-40(34-38)44-42(28-18-12-6)43(29-21-15-9-3)45(47(44)46)41-33-37(25-17-11-5)31-39(35-41)27-23-20-14-8-2;2*1-3-5-7-9-11-13-15-17-19-21-23-25-27-28-26-24-22-20-18-16-14-12-10-8-6-4-2;/h30-35H,7-29H2,1-6H3;2*1,3-28H2,2H3;. The monoisotopic (exact) mass is 1480 g/mol. The van der Waals surface area contributed by atoms with Crippen molar-refractivity contribution < 1.29 is 19.1 Å². The zero-order valence-electron chi connectivity index (χ0n) is 72.1. The Balaban J connectivity index is 0.000000718. The molecule has 0 aliphatic carbocycles. The first-order valence-electron chi connectivity index (χ1n) is 48.1. The Bertz CT molecular complexity index is 2180. The van der Waals surface area contributed by atoms with E-state index in [1.54, 1.807) is 4.70 Å². The van der Waals surface area contributed by atoms with Gasteiger partial charge in [-0.15, -0.1) is 0 Å². The molecule has 104 heavy (non-hydrogen) atoms. The Morgan fingerprint density at radius 1 is 0.192 bits per heavy atom. The Hall–Kier alpha value is -1.99. The Morgan fingerprint density at radius 2 is 0.356 bits per heavy atom. The molecule has 0 aromatic heterocycles. The van der Waals surface area contributed by atoms with Crippen LogP contribution in [0.15, 0.2) is 47.5 Å². The molecule has 0 radical (unpaired) electrons. The van der Waals surface area contributed by atoms with Gasteiger partial charge in [-0.05, 0) is 124 Å². The van der Waals surface area contributed by atoms with Crippen LogP contribution in [-0.2, 0) is 40.1 Å². The van der Waals surface area contributed by atoms with Gasteiger partial charge in [-0.25, -0.2) is 4.70 Å². The molecular formula is C101H184N2Ni. The summed E-state index contributed by atoms with van der Waals surface area (Å²) in [6.07, 6.45) is 105. The Morgan fingerprint density at radius 3 is 0.587 bits per heavy atom. The molecule has 0 bridgehead atoms. The third-order valence-electron chi connectivity index (χ3n) is 23.3. The molecule has 1 aliphatic heterocycles. The topological polar surface area (TPSA) is 25.3 Å². The van der Waals surface area contributed by atoms with Crippen molar-refractivity contribution in [2.45, 2.75) is 548 Å². The number of rotatable bonds is 79. The quantitative estimate of drug-likeness (QED) is 0.0358. The van der Waals surface area contributed by atoms with Crippen LogP contribution >= 0.6 is 0 Å². The minimum atomic E-state index is 1.03. The van der Waals surface area contributed by atoms with Crippen molar-refractivity contribution in [3.05, 3.63) is 86.5 Å². The van der Waals surface area contributed by atoms with Crippen LogP contribution in [0.4, 0.5) is 0 Å². The van der Waals surface area contributed by atoms with E-state index in [4.69, 9.17) is 0 Å². The molecule has 0 fully saturated rings. The van der Waals surface area contributed by atoms with Gasteiger partial charge in [0.15, 0.2) is 0 Å². The molecule has 2 aromatic rings. The SMILES string of the molecule is CCCCCCCCCCCCCCCCCCCCCCCCCCC[CH2][Ni][CH2]CCCCCCCCCCCCCCCCCCCCCCCCCCC.CCCCCCc1cc(CCCC)cc(C2=C(CCCC)C(CCCCC)=C(c3cc(CCCC)cc(CCCCCC)c3)[N+]2=[N-])c1. The first kappa shape index (κ1) is 98.1. The number of hydrogen-bond donors (Lipinski definition) is 0. The molecule has 1 aliphatic rings. The first-order chi connectivity index (χ1) is 51.4. The van der Waals surface area contributed by atoms with Crippen LogP contribution in [0, 0.1) is 0 Å². The van der Waals surface area contributed by atoms with Crippen molar-refractivity contribution in [2.24, 2.45) is 0 Å². The summed E-state index contributed by atoms with van der Waals surface area (Å²) in [7, 11) is 0. The number of allylic oxidation sites excluding steroid dienone is 2. The van der Waals surface area contributed by atoms with Crippen molar-refractivity contribution in [3.8, 4) is 0 Å². The summed E-state index contributed by atoms with van der Waals surface area (Å²) in [6, 6.07) is 14.6. The zero-order chi connectivity index (χ0) is 74.7. The first-order valence-corrected chi connectivity index (χ1v) is 49.5. The third-order valence-corrected chi connectivity index (χ3v) is 24.6. The third kappa shape index (κ3) is 55.4. The van der Waals surface area contributed by atoms with Crippen molar-refractivity contribution in [1.82, 2.24) is 0 Å². The van der Waals surface area contributed by atoms with Gasteiger partial charge in [0.25, 0.3) is 0 Å². The maximum absolute atomic E-state index is 12.5. The van der Waals surface area contributed by atoms with Gasteiger partial charge in [0.2, 0.25) is 11.4 Å². The molecule has 0 unspecified atom stereocenters. The van der Waals surface area contributed by atoms with E-state index in [0.29, 0.717) is 0 Å². The van der Waals surface area contributed by atoms with Gasteiger partial charge >= 0.3 is 166 Å². The minimum Gasteiger partial charge on any atom is -0.493 e. The van der Waals surface area contributed by atoms with Crippen LogP contribution in [0.3, 0.4) is 0 Å². The van der Waals surface area contributed by atoms with Crippen molar-refractivity contribution in [2.75, 3.05) is 0 Å². The Kier molecular flexibility index (Phi) is 72.0. The minimum absolute atomic E-state index is 1.03. The second-order valence-electron chi connectivity index (χ2n) is 33.6. The molecule has 0 spiro atoms. The molecule has 0 saturated heterocycles. The molecule has 0 N–H and O–H groups in total. The van der Waals surface area contributed by atoms with Crippen LogP contribution in [0.25, 0.3) is 16.9 Å².